The van der Waals surface area contributed by atoms with Gasteiger partial charge in [-0.05, 0) is 138 Å². The smallest absolute Gasteiger partial charge is 0.0547 e. The summed E-state index contributed by atoms with van der Waals surface area (Å²) < 4.78 is 0. The standard InChI is InChI=1S/C52H60Si/c1-5-33-29-49-43(47-31-35-17-7-9-19-37(35)39-21-11-13-23-41(39)47)25-15-27-45(49)51(33)53(3,4)52-34(6-2)30-50-44(26-16-28-46(50)52)48-32-36-18-8-10-20-38(36)40-22-12-14-24-42(40)48/h7-14,17-24,31-34,43-46,49-52H,5-6,15-16,25-30H2,1-4H3. The molecule has 0 N–H and O–H groups in total. The van der Waals surface area contributed by atoms with Crippen molar-refractivity contribution in [3.63, 3.8) is 0 Å². The summed E-state index contributed by atoms with van der Waals surface area (Å²) in [5, 5.41) is 11.7. The van der Waals surface area contributed by atoms with Gasteiger partial charge in [-0.2, -0.15) is 0 Å². The predicted octanol–water partition coefficient (Wildman–Crippen LogP) is 15.3. The van der Waals surface area contributed by atoms with E-state index in [2.05, 4.69) is 136 Å². The molecule has 272 valence electrons. The van der Waals surface area contributed by atoms with Crippen LogP contribution in [0.3, 0.4) is 0 Å². The van der Waals surface area contributed by atoms with Crippen LogP contribution in [0.15, 0.2) is 109 Å². The zero-order chi connectivity index (χ0) is 35.8. The normalized spacial score (nSPS) is 31.7. The summed E-state index contributed by atoms with van der Waals surface area (Å²) >= 11 is 0. The first-order valence-corrected chi connectivity index (χ1v) is 24.9. The maximum atomic E-state index is 2.95. The number of fused-ring (bicyclic) bond motifs is 8. The average molecular weight is 713 g/mol. The van der Waals surface area contributed by atoms with E-state index in [4.69, 9.17) is 0 Å². The Morgan fingerprint density at radius 2 is 0.830 bits per heavy atom. The minimum absolute atomic E-state index is 0.700. The van der Waals surface area contributed by atoms with Crippen molar-refractivity contribution >= 4 is 51.2 Å². The highest BCUT2D eigenvalue weighted by molar-refractivity contribution is 6.80. The van der Waals surface area contributed by atoms with Crippen LogP contribution in [0.25, 0.3) is 43.1 Å². The molecule has 6 aromatic rings. The van der Waals surface area contributed by atoms with Crippen molar-refractivity contribution in [2.24, 2.45) is 35.5 Å². The lowest BCUT2D eigenvalue weighted by atomic mass is 9.69. The molecule has 0 amide bonds. The Kier molecular flexibility index (Phi) is 8.62. The highest BCUT2D eigenvalue weighted by Gasteiger charge is 2.60. The largest absolute Gasteiger partial charge is 0.0689 e. The van der Waals surface area contributed by atoms with Gasteiger partial charge in [0.05, 0.1) is 8.07 Å². The molecule has 0 bridgehead atoms. The fourth-order valence-electron chi connectivity index (χ4n) is 14.8. The van der Waals surface area contributed by atoms with E-state index in [1.165, 1.54) is 107 Å². The van der Waals surface area contributed by atoms with Crippen molar-refractivity contribution in [2.45, 2.75) is 114 Å². The van der Waals surface area contributed by atoms with Crippen molar-refractivity contribution < 1.29 is 0 Å². The lowest BCUT2D eigenvalue weighted by Gasteiger charge is -2.49. The fraction of sp³-hybridized carbons (Fsp3) is 0.462. The molecule has 1 heteroatoms. The molecule has 6 aromatic carbocycles. The van der Waals surface area contributed by atoms with Gasteiger partial charge in [-0.15, -0.1) is 0 Å². The number of rotatable bonds is 6. The summed E-state index contributed by atoms with van der Waals surface area (Å²) in [4.78, 5) is 0. The molecule has 0 aromatic heterocycles. The summed E-state index contributed by atoms with van der Waals surface area (Å²) in [6.45, 7) is 11.0. The van der Waals surface area contributed by atoms with E-state index < -0.39 is 8.07 Å². The summed E-state index contributed by atoms with van der Waals surface area (Å²) in [5.74, 6) is 6.71. The molecule has 10 unspecified atom stereocenters. The van der Waals surface area contributed by atoms with E-state index in [-0.39, 0.29) is 0 Å². The molecule has 0 heterocycles. The van der Waals surface area contributed by atoms with E-state index in [0.29, 0.717) is 11.8 Å². The number of benzene rings is 6. The predicted molar refractivity (Wildman–Crippen MR) is 232 cm³/mol. The van der Waals surface area contributed by atoms with Gasteiger partial charge in [0.2, 0.25) is 0 Å². The Morgan fingerprint density at radius 1 is 0.453 bits per heavy atom. The number of hydrogen-bond donors (Lipinski definition) is 0. The maximum absolute atomic E-state index is 2.95. The molecule has 4 saturated carbocycles. The number of hydrogen-bond acceptors (Lipinski definition) is 0. The van der Waals surface area contributed by atoms with Gasteiger partial charge in [-0.3, -0.25) is 0 Å². The van der Waals surface area contributed by atoms with Crippen LogP contribution in [-0.2, 0) is 0 Å². The van der Waals surface area contributed by atoms with Crippen molar-refractivity contribution in [1.82, 2.24) is 0 Å². The quantitative estimate of drug-likeness (QED) is 0.119. The Bertz CT molecular complexity index is 2140. The van der Waals surface area contributed by atoms with E-state index in [1.54, 1.807) is 11.1 Å². The Labute approximate surface area is 319 Å². The van der Waals surface area contributed by atoms with Crippen molar-refractivity contribution in [1.29, 1.82) is 0 Å². The molecule has 0 saturated heterocycles. The van der Waals surface area contributed by atoms with Gasteiger partial charge in [0.25, 0.3) is 0 Å². The molecule has 53 heavy (non-hydrogen) atoms. The zero-order valence-electron chi connectivity index (χ0n) is 32.7. The first kappa shape index (κ1) is 34.1. The van der Waals surface area contributed by atoms with E-state index in [1.807, 2.05) is 0 Å². The molecular formula is C52H60Si. The fourth-order valence-corrected chi connectivity index (χ4v) is 21.4. The minimum Gasteiger partial charge on any atom is -0.0689 e. The van der Waals surface area contributed by atoms with Gasteiger partial charge in [0.1, 0.15) is 0 Å². The van der Waals surface area contributed by atoms with Crippen LogP contribution in [0.2, 0.25) is 24.2 Å². The lowest BCUT2D eigenvalue weighted by Crippen LogP contribution is -2.47. The van der Waals surface area contributed by atoms with Crippen LogP contribution in [0.5, 0.6) is 0 Å². The highest BCUT2D eigenvalue weighted by atomic mass is 28.3. The van der Waals surface area contributed by atoms with Crippen LogP contribution >= 0.6 is 0 Å². The van der Waals surface area contributed by atoms with Crippen LogP contribution in [0.1, 0.15) is 101 Å². The van der Waals surface area contributed by atoms with Crippen LogP contribution < -0.4 is 0 Å². The van der Waals surface area contributed by atoms with E-state index >= 15 is 0 Å². The van der Waals surface area contributed by atoms with E-state index in [0.717, 1.165) is 46.6 Å². The lowest BCUT2D eigenvalue weighted by molar-refractivity contribution is 0.227. The summed E-state index contributed by atoms with van der Waals surface area (Å²) in [5.41, 5.74) is 5.28. The average Bonchev–Trinajstić information content (AvgIpc) is 3.80. The maximum Gasteiger partial charge on any atom is 0.0547 e. The molecule has 0 aliphatic heterocycles. The van der Waals surface area contributed by atoms with Gasteiger partial charge >= 0.3 is 0 Å². The van der Waals surface area contributed by atoms with Gasteiger partial charge < -0.3 is 0 Å². The van der Waals surface area contributed by atoms with Crippen molar-refractivity contribution in [2.75, 3.05) is 0 Å². The topological polar surface area (TPSA) is 0 Å². The summed E-state index contributed by atoms with van der Waals surface area (Å²) in [6.07, 6.45) is 14.2. The summed E-state index contributed by atoms with van der Waals surface area (Å²) in [6, 6.07) is 42.4. The van der Waals surface area contributed by atoms with Crippen LogP contribution in [-0.4, -0.2) is 8.07 Å². The molecule has 0 nitrogen and oxygen atoms in total. The monoisotopic (exact) mass is 712 g/mol. The molecule has 4 fully saturated rings. The van der Waals surface area contributed by atoms with Crippen molar-refractivity contribution in [3.05, 3.63) is 120 Å². The van der Waals surface area contributed by atoms with E-state index in [9.17, 15) is 0 Å². The first-order valence-electron chi connectivity index (χ1n) is 21.8. The van der Waals surface area contributed by atoms with Gasteiger partial charge in [-0.1, -0.05) is 175 Å². The molecular weight excluding hydrogens is 653 g/mol. The van der Waals surface area contributed by atoms with Crippen molar-refractivity contribution in [3.8, 4) is 0 Å². The van der Waals surface area contributed by atoms with Gasteiger partial charge in [-0.25, -0.2) is 0 Å². The third-order valence-corrected chi connectivity index (χ3v) is 21.7. The third-order valence-electron chi connectivity index (χ3n) is 16.5. The first-order chi connectivity index (χ1) is 26.0. The highest BCUT2D eigenvalue weighted by Crippen LogP contribution is 2.68. The molecule has 10 rings (SSSR count). The SMILES string of the molecule is CCC1CC2C(c3cc4ccccc4c4ccccc34)CCCC2C1[Si](C)(C)C1C(CC)CC2C(c3cc4ccccc4c4ccccc34)CCCC21. The third kappa shape index (κ3) is 5.33. The zero-order valence-corrected chi connectivity index (χ0v) is 33.7. The van der Waals surface area contributed by atoms with Crippen LogP contribution in [0, 0.1) is 35.5 Å². The molecule has 0 spiro atoms. The Hall–Kier alpha value is -3.42. The minimum atomic E-state index is -1.68. The van der Waals surface area contributed by atoms with Gasteiger partial charge in [0, 0.05) is 0 Å². The second kappa shape index (κ2) is 13.4. The second-order valence-corrected chi connectivity index (χ2v) is 23.9. The van der Waals surface area contributed by atoms with Crippen LogP contribution in [0.4, 0.5) is 0 Å². The molecule has 4 aliphatic rings. The second-order valence-electron chi connectivity index (χ2n) is 18.9. The Morgan fingerprint density at radius 3 is 1.25 bits per heavy atom. The Balaban J connectivity index is 1.02. The summed E-state index contributed by atoms with van der Waals surface area (Å²) in [7, 11) is -1.68. The molecule has 4 aliphatic carbocycles. The van der Waals surface area contributed by atoms with Gasteiger partial charge in [0.15, 0.2) is 0 Å². The molecule has 10 atom stereocenters. The molecule has 0 radical (unpaired) electrons.